The van der Waals surface area contributed by atoms with Gasteiger partial charge in [0.05, 0.1) is 12.8 Å². The Kier molecular flexibility index (Phi) is 8.27. The van der Waals surface area contributed by atoms with Crippen LogP contribution in [0.5, 0.6) is 5.88 Å². The molecule has 0 spiro atoms. The number of nitrogen functional groups attached to an aromatic ring is 1. The number of nitrogens with zero attached hydrogens (tertiary/aromatic N) is 1. The maximum atomic E-state index is 13.6. The average Bonchev–Trinajstić information content (AvgIpc) is 2.61. The summed E-state index contributed by atoms with van der Waals surface area (Å²) in [6.45, 7) is 5.98. The quantitative estimate of drug-likeness (QED) is 0.286. The van der Waals surface area contributed by atoms with Crippen molar-refractivity contribution >= 4 is 46.9 Å². The maximum Gasteiger partial charge on any atom is 0.410 e. The van der Waals surface area contributed by atoms with Crippen LogP contribution in [0.3, 0.4) is 0 Å². The molecule has 29 heavy (non-hydrogen) atoms. The van der Waals surface area contributed by atoms with Crippen LogP contribution >= 0.6 is 23.2 Å². The van der Waals surface area contributed by atoms with Gasteiger partial charge in [-0.15, -0.1) is 0 Å². The topological polar surface area (TPSA) is 139 Å². The molecule has 0 bridgehead atoms. The normalized spacial score (nSPS) is 13.1. The molecule has 1 amide bonds. The monoisotopic (exact) mass is 455 g/mol. The molecule has 13 heteroatoms. The van der Waals surface area contributed by atoms with E-state index in [1.165, 1.54) is 6.92 Å². The molecule has 0 radical (unpaired) electrons. The molecule has 2 atom stereocenters. The minimum Gasteiger partial charge on any atom is -0.465 e. The van der Waals surface area contributed by atoms with E-state index in [0.717, 1.165) is 7.11 Å². The molecule has 2 unspecified atom stereocenters. The minimum absolute atomic E-state index is 0.326. The van der Waals surface area contributed by atoms with Crippen molar-refractivity contribution in [2.24, 2.45) is 0 Å². The second kappa shape index (κ2) is 9.79. The van der Waals surface area contributed by atoms with E-state index in [2.05, 4.69) is 9.72 Å². The summed E-state index contributed by atoms with van der Waals surface area (Å²) in [6, 6.07) is 0. The second-order valence-corrected chi connectivity index (χ2v) is 7.25. The molecule has 0 saturated heterocycles. The number of hydrogen-bond acceptors (Lipinski definition) is 9. The van der Waals surface area contributed by atoms with E-state index in [0.29, 0.717) is 0 Å². The third-order valence-corrected chi connectivity index (χ3v) is 3.68. The van der Waals surface area contributed by atoms with Gasteiger partial charge in [0.1, 0.15) is 15.6 Å². The molecule has 1 heterocycles. The van der Waals surface area contributed by atoms with Crippen molar-refractivity contribution < 1.29 is 37.7 Å². The van der Waals surface area contributed by atoms with Crippen molar-refractivity contribution in [2.45, 2.75) is 45.6 Å². The molecule has 3 N–H and O–H groups in total. The van der Waals surface area contributed by atoms with Gasteiger partial charge in [-0.25, -0.2) is 14.4 Å². The Morgan fingerprint density at radius 1 is 1.17 bits per heavy atom. The zero-order valence-corrected chi connectivity index (χ0v) is 17.7. The third-order valence-electron chi connectivity index (χ3n) is 2.96. The molecule has 1 aromatic rings. The zero-order valence-electron chi connectivity index (χ0n) is 16.2. The highest BCUT2D eigenvalue weighted by atomic mass is 35.5. The van der Waals surface area contributed by atoms with Crippen LogP contribution in [0, 0.1) is 5.95 Å². The zero-order chi connectivity index (χ0) is 22.5. The number of esters is 2. The molecular weight excluding hydrogens is 436 g/mol. The van der Waals surface area contributed by atoms with Crippen molar-refractivity contribution in [3.63, 3.8) is 0 Å². The lowest BCUT2D eigenvalue weighted by Gasteiger charge is -2.23. The summed E-state index contributed by atoms with van der Waals surface area (Å²) in [5, 5.41) is 1.20. The van der Waals surface area contributed by atoms with E-state index >= 15 is 0 Å². The molecule has 0 aliphatic carbocycles. The first-order valence-electron chi connectivity index (χ1n) is 8.01. The summed E-state index contributed by atoms with van der Waals surface area (Å²) < 4.78 is 33.1. The van der Waals surface area contributed by atoms with Crippen LogP contribution in [0.1, 0.15) is 27.7 Å². The first-order chi connectivity index (χ1) is 13.3. The van der Waals surface area contributed by atoms with Crippen LogP contribution < -0.4 is 15.8 Å². The Balaban J connectivity index is 2.89. The molecule has 1 rings (SSSR count). The summed E-state index contributed by atoms with van der Waals surface area (Å²) in [5.41, 5.74) is 4.31. The van der Waals surface area contributed by atoms with Gasteiger partial charge in [0.25, 0.3) is 6.23 Å². The number of nitrogens with two attached hydrogens (primary N) is 1. The first-order valence-corrected chi connectivity index (χ1v) is 8.76. The highest BCUT2D eigenvalue weighted by Crippen LogP contribution is 2.35. The predicted octanol–water partition coefficient (Wildman–Crippen LogP) is 2.44. The molecule has 10 nitrogen and oxygen atoms in total. The van der Waals surface area contributed by atoms with Gasteiger partial charge < -0.3 is 24.7 Å². The van der Waals surface area contributed by atoms with Crippen molar-refractivity contribution in [3.05, 3.63) is 16.0 Å². The van der Waals surface area contributed by atoms with Crippen molar-refractivity contribution in [2.75, 3.05) is 12.8 Å². The molecule has 1 aromatic heterocycles. The Morgan fingerprint density at radius 3 is 2.28 bits per heavy atom. The van der Waals surface area contributed by atoms with Gasteiger partial charge in [0.2, 0.25) is 11.8 Å². The van der Waals surface area contributed by atoms with Crippen molar-refractivity contribution in [1.29, 1.82) is 0 Å². The van der Waals surface area contributed by atoms with Gasteiger partial charge in [0, 0.05) is 0 Å². The predicted molar refractivity (Wildman–Crippen MR) is 100.0 cm³/mol. The number of alkyl carbamates (subject to hydrolysis) is 1. The number of carbonyl (C=O) groups excluding carboxylic acids is 3. The van der Waals surface area contributed by atoms with Crippen LogP contribution in [0.25, 0.3) is 0 Å². The minimum atomic E-state index is -1.83. The van der Waals surface area contributed by atoms with Gasteiger partial charge in [0.15, 0.2) is 6.10 Å². The Bertz CT molecular complexity index is 802. The summed E-state index contributed by atoms with van der Waals surface area (Å²) in [5.74, 6) is -3.91. The molecule has 0 saturated carbocycles. The molecule has 0 aliphatic heterocycles. The number of ether oxygens (including phenoxy) is 4. The van der Waals surface area contributed by atoms with Crippen LogP contribution in [-0.4, -0.2) is 48.1 Å². The largest absolute Gasteiger partial charge is 0.465 e. The Hall–Kier alpha value is -2.53. The molecule has 0 fully saturated rings. The number of amides is 1. The number of carbonyl (C=O) groups is 3. The fourth-order valence-corrected chi connectivity index (χ4v) is 2.04. The van der Waals surface area contributed by atoms with Crippen molar-refractivity contribution in [3.8, 4) is 5.88 Å². The summed E-state index contributed by atoms with van der Waals surface area (Å²) >= 11 is 11.4. The number of hydrogen-bond donors (Lipinski definition) is 2. The van der Waals surface area contributed by atoms with Crippen molar-refractivity contribution in [1.82, 2.24) is 10.3 Å². The summed E-state index contributed by atoms with van der Waals surface area (Å²) in [6.07, 6.45) is -4.30. The first kappa shape index (κ1) is 24.5. The number of methoxy groups -OCH3 is 1. The number of aromatic nitrogens is 1. The van der Waals surface area contributed by atoms with E-state index in [1.54, 1.807) is 20.8 Å². The highest BCUT2D eigenvalue weighted by molar-refractivity contribution is 6.39. The smallest absolute Gasteiger partial charge is 0.410 e. The number of halogens is 3. The van der Waals surface area contributed by atoms with Gasteiger partial charge in [-0.1, -0.05) is 23.2 Å². The number of nitrogens with one attached hydrogen (secondary N) is 1. The van der Waals surface area contributed by atoms with E-state index in [1.807, 2.05) is 5.32 Å². The van der Waals surface area contributed by atoms with E-state index < -0.39 is 52.8 Å². The van der Waals surface area contributed by atoms with Crippen LogP contribution in [-0.2, 0) is 23.8 Å². The van der Waals surface area contributed by atoms with Gasteiger partial charge in [-0.05, 0) is 27.7 Å². The fourth-order valence-electron chi connectivity index (χ4n) is 1.67. The third kappa shape index (κ3) is 7.09. The molecule has 0 aliphatic rings. The average molecular weight is 456 g/mol. The summed E-state index contributed by atoms with van der Waals surface area (Å²) in [4.78, 5) is 39.2. The van der Waals surface area contributed by atoms with E-state index in [4.69, 9.17) is 43.1 Å². The number of anilines is 1. The Labute approximate surface area is 175 Å². The van der Waals surface area contributed by atoms with Gasteiger partial charge in [-0.3, -0.25) is 5.32 Å². The molecular formula is C16H20Cl2FN3O7. The van der Waals surface area contributed by atoms with Crippen LogP contribution in [0.15, 0.2) is 0 Å². The SMILES string of the molecule is COC(=O)C(NC(=O)OC(C)(C)C)OC(=O)C(C)Oc1nc(F)c(Cl)c(N)c1Cl. The highest BCUT2D eigenvalue weighted by Gasteiger charge is 2.31. The summed E-state index contributed by atoms with van der Waals surface area (Å²) in [7, 11) is 1.02. The lowest BCUT2D eigenvalue weighted by Crippen LogP contribution is -2.48. The van der Waals surface area contributed by atoms with E-state index in [-0.39, 0.29) is 10.7 Å². The number of rotatable bonds is 6. The Morgan fingerprint density at radius 2 is 1.76 bits per heavy atom. The standard InChI is InChI=1S/C16H20Cl2FN3O7/c1-6(27-11-8(18)9(20)7(17)10(19)21-11)13(23)28-12(14(24)26-5)22-15(25)29-16(2,3)4/h6,12H,1-5H3,(H2,20,21)(H,22,25). The second-order valence-electron chi connectivity index (χ2n) is 6.50. The maximum absolute atomic E-state index is 13.6. The van der Waals surface area contributed by atoms with Gasteiger partial charge >= 0.3 is 18.0 Å². The van der Waals surface area contributed by atoms with Gasteiger partial charge in [-0.2, -0.15) is 9.37 Å². The molecule has 0 aromatic carbocycles. The van der Waals surface area contributed by atoms with E-state index in [9.17, 15) is 18.8 Å². The number of pyridine rings is 1. The molecule has 162 valence electrons. The lowest BCUT2D eigenvalue weighted by molar-refractivity contribution is -0.172. The van der Waals surface area contributed by atoms with Crippen LogP contribution in [0.4, 0.5) is 14.9 Å². The fraction of sp³-hybridized carbons (Fsp3) is 0.500. The lowest BCUT2D eigenvalue weighted by atomic mass is 10.2. The van der Waals surface area contributed by atoms with Crippen LogP contribution in [0.2, 0.25) is 10.0 Å².